The summed E-state index contributed by atoms with van der Waals surface area (Å²) < 4.78 is 5.24. The average molecular weight is 185 g/mol. The molecule has 2 aliphatic rings. The largest absolute Gasteiger partial charge is 0.392 e. The summed E-state index contributed by atoms with van der Waals surface area (Å²) in [5, 5.41) is 9.50. The first-order chi connectivity index (χ1) is 6.29. The summed E-state index contributed by atoms with van der Waals surface area (Å²) in [5.74, 6) is 0. The Balaban J connectivity index is 1.75. The van der Waals surface area contributed by atoms with Crippen LogP contribution in [0.15, 0.2) is 0 Å². The molecule has 1 aliphatic carbocycles. The van der Waals surface area contributed by atoms with Crippen LogP contribution in [0.3, 0.4) is 0 Å². The topological polar surface area (TPSA) is 32.7 Å². The van der Waals surface area contributed by atoms with Gasteiger partial charge in [-0.3, -0.25) is 4.90 Å². The molecule has 0 aromatic rings. The summed E-state index contributed by atoms with van der Waals surface area (Å²) in [4.78, 5) is 2.42. The second-order valence-electron chi connectivity index (χ2n) is 4.27. The minimum atomic E-state index is -0.0876. The Bertz CT molecular complexity index is 168. The van der Waals surface area contributed by atoms with Crippen LogP contribution in [0.1, 0.15) is 25.7 Å². The molecule has 0 aromatic carbocycles. The second kappa shape index (κ2) is 3.95. The standard InChI is InChI=1S/C10H19NO2/c1-13-10-5-8(6-10)11-4-2-3-9(12)7-11/h8-10,12H,2-7H2,1H3/t8-,9-,10-/m0/s1. The molecule has 76 valence electrons. The number of aliphatic hydroxyl groups excluding tert-OH is 1. The summed E-state index contributed by atoms with van der Waals surface area (Å²) in [6, 6.07) is 0.680. The molecule has 13 heavy (non-hydrogen) atoms. The predicted octanol–water partition coefficient (Wildman–Crippen LogP) is 0.620. The normalized spacial score (nSPS) is 41.5. The molecule has 0 bridgehead atoms. The van der Waals surface area contributed by atoms with Crippen molar-refractivity contribution >= 4 is 0 Å². The van der Waals surface area contributed by atoms with Gasteiger partial charge in [0, 0.05) is 19.7 Å². The zero-order chi connectivity index (χ0) is 9.26. The lowest BCUT2D eigenvalue weighted by Crippen LogP contribution is -2.52. The van der Waals surface area contributed by atoms with Gasteiger partial charge in [0.15, 0.2) is 0 Å². The minimum Gasteiger partial charge on any atom is -0.392 e. The van der Waals surface area contributed by atoms with Crippen LogP contribution in [-0.2, 0) is 4.74 Å². The van der Waals surface area contributed by atoms with Crippen molar-refractivity contribution in [1.29, 1.82) is 0 Å². The van der Waals surface area contributed by atoms with Crippen molar-refractivity contribution in [3.05, 3.63) is 0 Å². The third kappa shape index (κ3) is 2.03. The number of β-amino-alcohol motifs (C(OH)–C–C–N with tert-alkyl or cyclic N) is 1. The summed E-state index contributed by atoms with van der Waals surface area (Å²) >= 11 is 0. The fraction of sp³-hybridized carbons (Fsp3) is 1.00. The zero-order valence-corrected chi connectivity index (χ0v) is 8.28. The van der Waals surface area contributed by atoms with E-state index in [4.69, 9.17) is 4.74 Å². The molecule has 1 saturated carbocycles. The van der Waals surface area contributed by atoms with Gasteiger partial charge in [-0.15, -0.1) is 0 Å². The number of rotatable bonds is 2. The highest BCUT2D eigenvalue weighted by Gasteiger charge is 2.35. The van der Waals surface area contributed by atoms with Crippen LogP contribution in [-0.4, -0.2) is 48.5 Å². The van der Waals surface area contributed by atoms with Gasteiger partial charge in [-0.2, -0.15) is 0 Å². The molecular weight excluding hydrogens is 166 g/mol. The fourth-order valence-corrected chi connectivity index (χ4v) is 2.34. The lowest BCUT2D eigenvalue weighted by molar-refractivity contribution is -0.0503. The lowest BCUT2D eigenvalue weighted by Gasteiger charge is -2.44. The Morgan fingerprint density at radius 3 is 2.77 bits per heavy atom. The van der Waals surface area contributed by atoms with Crippen LogP contribution in [0.4, 0.5) is 0 Å². The van der Waals surface area contributed by atoms with Crippen molar-refractivity contribution in [2.45, 2.75) is 43.9 Å². The average Bonchev–Trinajstić information content (AvgIpc) is 2.02. The lowest BCUT2D eigenvalue weighted by atomic mass is 9.86. The molecule has 0 radical (unpaired) electrons. The summed E-state index contributed by atoms with van der Waals surface area (Å²) in [7, 11) is 1.78. The van der Waals surface area contributed by atoms with Crippen LogP contribution in [0.2, 0.25) is 0 Å². The van der Waals surface area contributed by atoms with E-state index in [0.29, 0.717) is 12.1 Å². The fourth-order valence-electron chi connectivity index (χ4n) is 2.34. The van der Waals surface area contributed by atoms with Crippen LogP contribution < -0.4 is 0 Å². The molecule has 0 amide bonds. The van der Waals surface area contributed by atoms with Gasteiger partial charge in [0.25, 0.3) is 0 Å². The van der Waals surface area contributed by atoms with E-state index in [1.807, 2.05) is 0 Å². The minimum absolute atomic E-state index is 0.0876. The number of hydrogen-bond acceptors (Lipinski definition) is 3. The van der Waals surface area contributed by atoms with Crippen molar-refractivity contribution < 1.29 is 9.84 Å². The van der Waals surface area contributed by atoms with E-state index in [9.17, 15) is 5.11 Å². The Labute approximate surface area is 79.7 Å². The van der Waals surface area contributed by atoms with Gasteiger partial charge < -0.3 is 9.84 Å². The quantitative estimate of drug-likeness (QED) is 0.684. The van der Waals surface area contributed by atoms with E-state index in [0.717, 1.165) is 38.8 Å². The van der Waals surface area contributed by atoms with Crippen molar-refractivity contribution in [3.8, 4) is 0 Å². The van der Waals surface area contributed by atoms with Crippen molar-refractivity contribution in [1.82, 2.24) is 4.90 Å². The molecule has 3 nitrogen and oxygen atoms in total. The highest BCUT2D eigenvalue weighted by atomic mass is 16.5. The van der Waals surface area contributed by atoms with E-state index >= 15 is 0 Å². The van der Waals surface area contributed by atoms with E-state index in [2.05, 4.69) is 4.90 Å². The molecule has 0 spiro atoms. The first-order valence-corrected chi connectivity index (χ1v) is 5.24. The predicted molar refractivity (Wildman–Crippen MR) is 50.6 cm³/mol. The van der Waals surface area contributed by atoms with Crippen LogP contribution in [0, 0.1) is 0 Å². The monoisotopic (exact) mass is 185 g/mol. The van der Waals surface area contributed by atoms with E-state index in [-0.39, 0.29) is 6.10 Å². The molecule has 0 unspecified atom stereocenters. The van der Waals surface area contributed by atoms with Gasteiger partial charge in [-0.1, -0.05) is 0 Å². The van der Waals surface area contributed by atoms with Gasteiger partial charge in [0.05, 0.1) is 12.2 Å². The molecule has 0 aromatic heterocycles. The SMILES string of the molecule is CO[C@H]1C[C@H](N2CCC[C@H](O)C2)C1. The van der Waals surface area contributed by atoms with Gasteiger partial charge in [0.2, 0.25) is 0 Å². The number of piperidine rings is 1. The van der Waals surface area contributed by atoms with Gasteiger partial charge in [-0.25, -0.2) is 0 Å². The third-order valence-corrected chi connectivity index (χ3v) is 3.35. The van der Waals surface area contributed by atoms with Gasteiger partial charge >= 0.3 is 0 Å². The van der Waals surface area contributed by atoms with Crippen molar-refractivity contribution in [2.75, 3.05) is 20.2 Å². The van der Waals surface area contributed by atoms with E-state index < -0.39 is 0 Å². The van der Waals surface area contributed by atoms with Gasteiger partial charge in [0.1, 0.15) is 0 Å². The smallest absolute Gasteiger partial charge is 0.0667 e. The molecule has 1 heterocycles. The molecular formula is C10H19NO2. The molecule has 2 fully saturated rings. The Hall–Kier alpha value is -0.120. The molecule has 2 rings (SSSR count). The molecule has 1 atom stereocenters. The van der Waals surface area contributed by atoms with Crippen LogP contribution in [0.25, 0.3) is 0 Å². The van der Waals surface area contributed by atoms with E-state index in [1.54, 1.807) is 7.11 Å². The van der Waals surface area contributed by atoms with Crippen molar-refractivity contribution in [3.63, 3.8) is 0 Å². The highest BCUT2D eigenvalue weighted by Crippen LogP contribution is 2.29. The number of hydrogen-bond donors (Lipinski definition) is 1. The maximum atomic E-state index is 9.50. The number of nitrogens with zero attached hydrogens (tertiary/aromatic N) is 1. The first kappa shape index (κ1) is 9.44. The summed E-state index contributed by atoms with van der Waals surface area (Å²) in [6.07, 6.45) is 4.83. The number of methoxy groups -OCH3 is 1. The zero-order valence-electron chi connectivity index (χ0n) is 8.28. The number of likely N-dealkylation sites (tertiary alicyclic amines) is 1. The second-order valence-corrected chi connectivity index (χ2v) is 4.27. The van der Waals surface area contributed by atoms with Crippen LogP contribution >= 0.6 is 0 Å². The molecule has 1 N–H and O–H groups in total. The molecule has 1 aliphatic heterocycles. The molecule has 3 heteroatoms. The van der Waals surface area contributed by atoms with Crippen molar-refractivity contribution in [2.24, 2.45) is 0 Å². The van der Waals surface area contributed by atoms with Gasteiger partial charge in [-0.05, 0) is 32.2 Å². The molecule has 1 saturated heterocycles. The van der Waals surface area contributed by atoms with E-state index in [1.165, 1.54) is 0 Å². The van der Waals surface area contributed by atoms with Crippen LogP contribution in [0.5, 0.6) is 0 Å². The number of ether oxygens (including phenoxy) is 1. The first-order valence-electron chi connectivity index (χ1n) is 5.24. The Morgan fingerprint density at radius 1 is 1.38 bits per heavy atom. The summed E-state index contributed by atoms with van der Waals surface area (Å²) in [6.45, 7) is 2.04. The summed E-state index contributed by atoms with van der Waals surface area (Å²) in [5.41, 5.74) is 0. The third-order valence-electron chi connectivity index (χ3n) is 3.35. The Morgan fingerprint density at radius 2 is 2.15 bits per heavy atom. The number of aliphatic hydroxyl groups is 1. The maximum absolute atomic E-state index is 9.50. The Kier molecular flexibility index (Phi) is 2.86. The maximum Gasteiger partial charge on any atom is 0.0667 e. The highest BCUT2D eigenvalue weighted by molar-refractivity contribution is 4.90.